The molecule has 0 aliphatic rings. The van der Waals surface area contributed by atoms with Crippen LogP contribution in [-0.2, 0) is 0 Å². The highest BCUT2D eigenvalue weighted by molar-refractivity contribution is 9.10. The number of aromatic amines is 1. The number of hydrogen-bond acceptors (Lipinski definition) is 2. The summed E-state index contributed by atoms with van der Waals surface area (Å²) in [5.41, 5.74) is 4.80. The number of aromatic nitrogens is 2. The van der Waals surface area contributed by atoms with Crippen LogP contribution in [0, 0.1) is 13.8 Å². The van der Waals surface area contributed by atoms with E-state index in [1.165, 1.54) is 0 Å². The lowest BCUT2D eigenvalue weighted by Gasteiger charge is -2.01. The number of fused-ring (bicyclic) bond motifs is 1. The summed E-state index contributed by atoms with van der Waals surface area (Å²) in [5, 5.41) is 9.97. The zero-order valence-corrected chi connectivity index (χ0v) is 12.2. The van der Waals surface area contributed by atoms with Gasteiger partial charge in [0.15, 0.2) is 0 Å². The van der Waals surface area contributed by atoms with Crippen molar-refractivity contribution in [2.75, 3.05) is 0 Å². The lowest BCUT2D eigenvalue weighted by atomic mass is 10.1. The number of rotatable bonds is 1. The zero-order valence-electron chi connectivity index (χ0n) is 10.7. The van der Waals surface area contributed by atoms with Crippen LogP contribution in [0.4, 0.5) is 0 Å². The first-order chi connectivity index (χ1) is 9.04. The van der Waals surface area contributed by atoms with Crippen LogP contribution in [-0.4, -0.2) is 15.1 Å². The van der Waals surface area contributed by atoms with Crippen LogP contribution in [0.2, 0.25) is 0 Å². The fraction of sp³-hybridized carbons (Fsp3) is 0.133. The van der Waals surface area contributed by atoms with Crippen LogP contribution < -0.4 is 0 Å². The van der Waals surface area contributed by atoms with Crippen LogP contribution in [0.1, 0.15) is 11.1 Å². The Balaban J connectivity index is 2.26. The van der Waals surface area contributed by atoms with Crippen LogP contribution >= 0.6 is 15.9 Å². The number of halogens is 1. The molecule has 4 heteroatoms. The Morgan fingerprint density at radius 1 is 1.16 bits per heavy atom. The summed E-state index contributed by atoms with van der Waals surface area (Å²) in [6.07, 6.45) is 0. The number of imidazole rings is 1. The molecule has 19 heavy (non-hydrogen) atoms. The van der Waals surface area contributed by atoms with Gasteiger partial charge in [-0.25, -0.2) is 4.98 Å². The number of benzene rings is 2. The highest BCUT2D eigenvalue weighted by Crippen LogP contribution is 2.31. The van der Waals surface area contributed by atoms with Gasteiger partial charge in [0.05, 0.1) is 16.6 Å². The maximum atomic E-state index is 9.97. The zero-order chi connectivity index (χ0) is 13.6. The minimum Gasteiger partial charge on any atom is -0.507 e. The smallest absolute Gasteiger partial charge is 0.142 e. The molecular formula is C15H13BrN2O. The number of hydrogen-bond donors (Lipinski definition) is 2. The number of H-pyrrole nitrogens is 1. The van der Waals surface area contributed by atoms with E-state index in [2.05, 4.69) is 25.9 Å². The van der Waals surface area contributed by atoms with Gasteiger partial charge in [0.1, 0.15) is 11.6 Å². The third kappa shape index (κ3) is 2.12. The average Bonchev–Trinajstić information content (AvgIpc) is 2.76. The molecule has 0 radical (unpaired) electrons. The summed E-state index contributed by atoms with van der Waals surface area (Å²) < 4.78 is 1.01. The van der Waals surface area contributed by atoms with Crippen LogP contribution in [0.5, 0.6) is 5.75 Å². The topological polar surface area (TPSA) is 48.9 Å². The second-order valence-electron chi connectivity index (χ2n) is 4.72. The Hall–Kier alpha value is -1.81. The van der Waals surface area contributed by atoms with Gasteiger partial charge in [0.2, 0.25) is 0 Å². The molecule has 3 aromatic rings. The van der Waals surface area contributed by atoms with Crippen molar-refractivity contribution < 1.29 is 5.11 Å². The molecule has 96 valence electrons. The normalized spacial score (nSPS) is 11.1. The molecule has 3 nitrogen and oxygen atoms in total. The lowest BCUT2D eigenvalue weighted by Crippen LogP contribution is -1.83. The van der Waals surface area contributed by atoms with E-state index in [1.807, 2.05) is 38.1 Å². The number of nitrogens with one attached hydrogen (secondary N) is 1. The first-order valence-corrected chi connectivity index (χ1v) is 6.80. The maximum absolute atomic E-state index is 9.97. The van der Waals surface area contributed by atoms with Gasteiger partial charge in [-0.1, -0.05) is 27.6 Å². The Morgan fingerprint density at radius 3 is 2.74 bits per heavy atom. The van der Waals surface area contributed by atoms with E-state index in [4.69, 9.17) is 0 Å². The van der Waals surface area contributed by atoms with E-state index in [0.717, 1.165) is 32.2 Å². The third-order valence-corrected chi connectivity index (χ3v) is 3.61. The predicted molar refractivity (Wildman–Crippen MR) is 80.4 cm³/mol. The summed E-state index contributed by atoms with van der Waals surface area (Å²) in [6, 6.07) is 9.52. The van der Waals surface area contributed by atoms with E-state index in [9.17, 15) is 5.11 Å². The molecule has 0 saturated heterocycles. The molecule has 0 atom stereocenters. The number of aromatic hydroxyl groups is 1. The van der Waals surface area contributed by atoms with Crippen molar-refractivity contribution in [3.8, 4) is 17.1 Å². The van der Waals surface area contributed by atoms with Gasteiger partial charge in [-0.3, -0.25) is 0 Å². The van der Waals surface area contributed by atoms with E-state index < -0.39 is 0 Å². The first-order valence-electron chi connectivity index (χ1n) is 6.00. The van der Waals surface area contributed by atoms with Crippen molar-refractivity contribution in [3.05, 3.63) is 45.9 Å². The minimum atomic E-state index is 0.237. The number of phenols is 1. The van der Waals surface area contributed by atoms with E-state index in [-0.39, 0.29) is 5.75 Å². The van der Waals surface area contributed by atoms with Gasteiger partial charge >= 0.3 is 0 Å². The van der Waals surface area contributed by atoms with Crippen LogP contribution in [0.25, 0.3) is 22.4 Å². The van der Waals surface area contributed by atoms with Crippen molar-refractivity contribution in [3.63, 3.8) is 0 Å². The monoisotopic (exact) mass is 316 g/mol. The molecule has 3 rings (SSSR count). The van der Waals surface area contributed by atoms with E-state index >= 15 is 0 Å². The molecule has 0 saturated carbocycles. The molecule has 0 spiro atoms. The van der Waals surface area contributed by atoms with Gasteiger partial charge in [-0.05, 0) is 43.7 Å². The molecule has 0 unspecified atom stereocenters. The van der Waals surface area contributed by atoms with Crippen molar-refractivity contribution in [1.29, 1.82) is 0 Å². The quantitative estimate of drug-likeness (QED) is 0.702. The summed E-state index contributed by atoms with van der Waals surface area (Å²) in [7, 11) is 0. The van der Waals surface area contributed by atoms with Crippen molar-refractivity contribution in [2.24, 2.45) is 0 Å². The third-order valence-electron chi connectivity index (χ3n) is 3.15. The van der Waals surface area contributed by atoms with Crippen molar-refractivity contribution in [1.82, 2.24) is 9.97 Å². The lowest BCUT2D eigenvalue weighted by molar-refractivity contribution is 0.477. The predicted octanol–water partition coefficient (Wildman–Crippen LogP) is 4.31. The van der Waals surface area contributed by atoms with Crippen molar-refractivity contribution >= 4 is 27.0 Å². The SMILES string of the molecule is Cc1ccc(O)c(-c2nc3c(C)cc(Br)cc3[nH]2)c1. The molecule has 0 bridgehead atoms. The summed E-state index contributed by atoms with van der Waals surface area (Å²) in [6.45, 7) is 4.02. The van der Waals surface area contributed by atoms with Crippen LogP contribution in [0.3, 0.4) is 0 Å². The number of nitrogens with zero attached hydrogens (tertiary/aromatic N) is 1. The van der Waals surface area contributed by atoms with Crippen LogP contribution in [0.15, 0.2) is 34.8 Å². The minimum absolute atomic E-state index is 0.237. The van der Waals surface area contributed by atoms with E-state index in [1.54, 1.807) is 6.07 Å². The van der Waals surface area contributed by atoms with Gasteiger partial charge in [-0.15, -0.1) is 0 Å². The summed E-state index contributed by atoms with van der Waals surface area (Å²) in [4.78, 5) is 7.85. The summed E-state index contributed by atoms with van der Waals surface area (Å²) in [5.74, 6) is 0.929. The Labute approximate surface area is 119 Å². The Bertz CT molecular complexity index is 777. The largest absolute Gasteiger partial charge is 0.507 e. The molecule has 1 aromatic heterocycles. The van der Waals surface area contributed by atoms with Gasteiger partial charge in [0.25, 0.3) is 0 Å². The second-order valence-corrected chi connectivity index (χ2v) is 5.64. The molecular weight excluding hydrogens is 304 g/mol. The summed E-state index contributed by atoms with van der Waals surface area (Å²) >= 11 is 3.48. The van der Waals surface area contributed by atoms with Gasteiger partial charge < -0.3 is 10.1 Å². The second kappa shape index (κ2) is 4.38. The number of phenolic OH excluding ortho intramolecular Hbond substituents is 1. The molecule has 0 fully saturated rings. The molecule has 0 aliphatic heterocycles. The van der Waals surface area contributed by atoms with E-state index in [0.29, 0.717) is 5.82 Å². The molecule has 0 aliphatic carbocycles. The van der Waals surface area contributed by atoms with Crippen molar-refractivity contribution in [2.45, 2.75) is 13.8 Å². The fourth-order valence-electron chi connectivity index (χ4n) is 2.21. The highest BCUT2D eigenvalue weighted by atomic mass is 79.9. The molecule has 1 heterocycles. The molecule has 0 amide bonds. The van der Waals surface area contributed by atoms with Gasteiger partial charge in [0, 0.05) is 4.47 Å². The highest BCUT2D eigenvalue weighted by Gasteiger charge is 2.11. The fourth-order valence-corrected chi connectivity index (χ4v) is 2.79. The Kier molecular flexibility index (Phi) is 2.82. The standard InChI is InChI=1S/C15H13BrN2O/c1-8-3-4-13(19)11(5-8)15-17-12-7-10(16)6-9(2)14(12)18-15/h3-7,19H,1-2H3,(H,17,18). The first kappa shape index (κ1) is 12.2. The molecule has 2 N–H and O–H groups in total. The number of aryl methyl sites for hydroxylation is 2. The van der Waals surface area contributed by atoms with Gasteiger partial charge in [-0.2, -0.15) is 0 Å². The average molecular weight is 317 g/mol. The Morgan fingerprint density at radius 2 is 1.95 bits per heavy atom. The molecule has 2 aromatic carbocycles. The maximum Gasteiger partial charge on any atom is 0.142 e.